The Morgan fingerprint density at radius 3 is 2.69 bits per heavy atom. The van der Waals surface area contributed by atoms with Gasteiger partial charge >= 0.3 is 5.97 Å². The summed E-state index contributed by atoms with van der Waals surface area (Å²) in [5.41, 5.74) is 1.94. The molecule has 1 heterocycles. The number of benzene rings is 2. The molecule has 0 spiro atoms. The van der Waals surface area contributed by atoms with Gasteiger partial charge in [0.1, 0.15) is 6.04 Å². The zero-order valence-electron chi connectivity index (χ0n) is 13.7. The van der Waals surface area contributed by atoms with E-state index in [9.17, 15) is 14.7 Å². The zero-order valence-corrected chi connectivity index (χ0v) is 13.7. The zero-order chi connectivity index (χ0) is 18.5. The van der Waals surface area contributed by atoms with E-state index in [0.717, 1.165) is 5.39 Å². The summed E-state index contributed by atoms with van der Waals surface area (Å²) in [5.74, 6) is -1.65. The quantitative estimate of drug-likeness (QED) is 0.739. The van der Waals surface area contributed by atoms with Crippen LogP contribution >= 0.6 is 0 Å². The molecule has 1 amide bonds. The van der Waals surface area contributed by atoms with E-state index in [2.05, 4.69) is 10.3 Å². The highest BCUT2D eigenvalue weighted by Crippen LogP contribution is 2.16. The molecule has 1 aromatic heterocycles. The van der Waals surface area contributed by atoms with Gasteiger partial charge in [0, 0.05) is 18.0 Å². The molecule has 0 radical (unpaired) electrons. The van der Waals surface area contributed by atoms with Crippen molar-refractivity contribution in [2.75, 3.05) is 0 Å². The Hall–Kier alpha value is -3.72. The molecule has 0 aliphatic carbocycles. The van der Waals surface area contributed by atoms with Gasteiger partial charge in [-0.05, 0) is 29.8 Å². The molecule has 128 valence electrons. The first-order chi connectivity index (χ1) is 12.6. The molecule has 3 rings (SSSR count). The van der Waals surface area contributed by atoms with Crippen LogP contribution in [0.1, 0.15) is 21.5 Å². The number of rotatable bonds is 5. The number of nitrogens with one attached hydrogen (secondary N) is 1. The number of para-hydroxylation sites is 1. The molecule has 0 aliphatic heterocycles. The van der Waals surface area contributed by atoms with E-state index in [1.807, 2.05) is 18.2 Å². The Bertz CT molecular complexity index is 1020. The van der Waals surface area contributed by atoms with Crippen LogP contribution in [0.2, 0.25) is 0 Å². The van der Waals surface area contributed by atoms with E-state index in [4.69, 9.17) is 5.26 Å². The van der Waals surface area contributed by atoms with Crippen LogP contribution in [0.15, 0.2) is 60.8 Å². The average Bonchev–Trinajstić information content (AvgIpc) is 2.67. The summed E-state index contributed by atoms with van der Waals surface area (Å²) in [6, 6.07) is 16.3. The van der Waals surface area contributed by atoms with Gasteiger partial charge in [-0.2, -0.15) is 5.26 Å². The first-order valence-electron chi connectivity index (χ1n) is 7.95. The Balaban J connectivity index is 1.84. The summed E-state index contributed by atoms with van der Waals surface area (Å²) < 4.78 is 0. The summed E-state index contributed by atoms with van der Waals surface area (Å²) in [7, 11) is 0. The minimum atomic E-state index is -1.14. The third kappa shape index (κ3) is 3.68. The summed E-state index contributed by atoms with van der Waals surface area (Å²) in [6.07, 6.45) is 1.66. The molecule has 6 nitrogen and oxygen atoms in total. The third-order valence-electron chi connectivity index (χ3n) is 3.98. The predicted octanol–water partition coefficient (Wildman–Crippen LogP) is 2.53. The van der Waals surface area contributed by atoms with Crippen LogP contribution in [0, 0.1) is 11.3 Å². The molecular formula is C20H15N3O3. The lowest BCUT2D eigenvalue weighted by atomic mass is 10.0. The number of hydrogen-bond donors (Lipinski definition) is 2. The molecule has 0 unspecified atom stereocenters. The van der Waals surface area contributed by atoms with Crippen molar-refractivity contribution in [3.8, 4) is 6.07 Å². The number of nitriles is 1. The smallest absolute Gasteiger partial charge is 0.326 e. The van der Waals surface area contributed by atoms with Crippen molar-refractivity contribution in [3.63, 3.8) is 0 Å². The fourth-order valence-corrected chi connectivity index (χ4v) is 2.73. The Morgan fingerprint density at radius 1 is 1.15 bits per heavy atom. The number of hydrogen-bond acceptors (Lipinski definition) is 4. The van der Waals surface area contributed by atoms with Gasteiger partial charge in [-0.15, -0.1) is 0 Å². The number of fused-ring (bicyclic) bond motifs is 1. The van der Waals surface area contributed by atoms with Gasteiger partial charge in [-0.3, -0.25) is 9.78 Å². The second kappa shape index (κ2) is 7.45. The molecule has 3 aromatic rings. The molecular weight excluding hydrogens is 330 g/mol. The number of aromatic nitrogens is 1. The largest absolute Gasteiger partial charge is 0.480 e. The number of carboxylic acids is 1. The molecule has 6 heteroatoms. The van der Waals surface area contributed by atoms with Gasteiger partial charge < -0.3 is 10.4 Å². The van der Waals surface area contributed by atoms with Crippen LogP contribution < -0.4 is 5.32 Å². The van der Waals surface area contributed by atoms with Crippen LogP contribution in [-0.2, 0) is 11.2 Å². The standard InChI is InChI=1S/C20H15N3O3/c21-12-14-5-1-4-13(10-14)11-17(20(25)26)23-19(24)16-8-2-6-15-7-3-9-22-18(15)16/h1-10,17H,11H2,(H,23,24)(H,25,26)/t17-/m0/s1. The first kappa shape index (κ1) is 17.1. The Morgan fingerprint density at radius 2 is 1.92 bits per heavy atom. The van der Waals surface area contributed by atoms with Gasteiger partial charge in [-0.1, -0.05) is 30.3 Å². The van der Waals surface area contributed by atoms with E-state index in [-0.39, 0.29) is 6.42 Å². The highest BCUT2D eigenvalue weighted by atomic mass is 16.4. The number of nitrogens with zero attached hydrogens (tertiary/aromatic N) is 2. The Kier molecular flexibility index (Phi) is 4.90. The lowest BCUT2D eigenvalue weighted by molar-refractivity contribution is -0.139. The van der Waals surface area contributed by atoms with Gasteiger partial charge in [0.05, 0.1) is 22.7 Å². The van der Waals surface area contributed by atoms with Gasteiger partial charge in [0.25, 0.3) is 5.91 Å². The fourth-order valence-electron chi connectivity index (χ4n) is 2.73. The van der Waals surface area contributed by atoms with Crippen molar-refractivity contribution >= 4 is 22.8 Å². The van der Waals surface area contributed by atoms with Crippen LogP contribution in [0.25, 0.3) is 10.9 Å². The molecule has 0 fully saturated rings. The number of pyridine rings is 1. The lowest BCUT2D eigenvalue weighted by Gasteiger charge is -2.15. The van der Waals surface area contributed by atoms with Crippen LogP contribution in [0.5, 0.6) is 0 Å². The molecule has 2 aromatic carbocycles. The normalized spacial score (nSPS) is 11.5. The molecule has 1 atom stereocenters. The van der Waals surface area contributed by atoms with Crippen molar-refractivity contribution in [1.82, 2.24) is 10.3 Å². The predicted molar refractivity (Wildman–Crippen MR) is 95.5 cm³/mol. The second-order valence-corrected chi connectivity index (χ2v) is 5.76. The minimum absolute atomic E-state index is 0.0782. The van der Waals surface area contributed by atoms with E-state index in [1.54, 1.807) is 48.7 Å². The number of carboxylic acid groups (broad SMARTS) is 1. The summed E-state index contributed by atoms with van der Waals surface area (Å²) in [6.45, 7) is 0. The van der Waals surface area contributed by atoms with E-state index < -0.39 is 17.9 Å². The van der Waals surface area contributed by atoms with E-state index >= 15 is 0 Å². The van der Waals surface area contributed by atoms with Crippen LogP contribution in [0.4, 0.5) is 0 Å². The van der Waals surface area contributed by atoms with Crippen molar-refractivity contribution in [1.29, 1.82) is 5.26 Å². The van der Waals surface area contributed by atoms with Crippen molar-refractivity contribution in [2.24, 2.45) is 0 Å². The van der Waals surface area contributed by atoms with Crippen molar-refractivity contribution in [3.05, 3.63) is 77.5 Å². The topological polar surface area (TPSA) is 103 Å². The van der Waals surface area contributed by atoms with Gasteiger partial charge in [0.15, 0.2) is 0 Å². The summed E-state index contributed by atoms with van der Waals surface area (Å²) in [5, 5.41) is 21.8. The number of aliphatic carboxylic acids is 1. The van der Waals surface area contributed by atoms with Gasteiger partial charge in [0.2, 0.25) is 0 Å². The highest BCUT2D eigenvalue weighted by Gasteiger charge is 2.22. The highest BCUT2D eigenvalue weighted by molar-refractivity contribution is 6.06. The monoisotopic (exact) mass is 345 g/mol. The lowest BCUT2D eigenvalue weighted by Crippen LogP contribution is -2.42. The number of amides is 1. The van der Waals surface area contributed by atoms with Gasteiger partial charge in [-0.25, -0.2) is 4.79 Å². The summed E-state index contributed by atoms with van der Waals surface area (Å²) >= 11 is 0. The summed E-state index contributed by atoms with van der Waals surface area (Å²) in [4.78, 5) is 28.4. The number of carbonyl (C=O) groups excluding carboxylic acids is 1. The van der Waals surface area contributed by atoms with Crippen LogP contribution in [0.3, 0.4) is 0 Å². The maximum Gasteiger partial charge on any atom is 0.326 e. The molecule has 0 saturated heterocycles. The molecule has 0 bridgehead atoms. The van der Waals surface area contributed by atoms with Crippen molar-refractivity contribution in [2.45, 2.75) is 12.5 Å². The fraction of sp³-hybridized carbons (Fsp3) is 0.100. The third-order valence-corrected chi connectivity index (χ3v) is 3.98. The molecule has 2 N–H and O–H groups in total. The Labute approximate surface area is 149 Å². The molecule has 26 heavy (non-hydrogen) atoms. The van der Waals surface area contributed by atoms with E-state index in [0.29, 0.717) is 22.2 Å². The second-order valence-electron chi connectivity index (χ2n) is 5.76. The van der Waals surface area contributed by atoms with E-state index in [1.165, 1.54) is 0 Å². The maximum absolute atomic E-state index is 12.6. The van der Waals surface area contributed by atoms with Crippen LogP contribution in [-0.4, -0.2) is 28.0 Å². The first-order valence-corrected chi connectivity index (χ1v) is 7.95. The maximum atomic E-state index is 12.6. The SMILES string of the molecule is N#Cc1cccc(C[C@H](NC(=O)c2cccc3cccnc23)C(=O)O)c1. The molecule has 0 aliphatic rings. The molecule has 0 saturated carbocycles. The minimum Gasteiger partial charge on any atom is -0.480 e. The van der Waals surface area contributed by atoms with Crippen molar-refractivity contribution < 1.29 is 14.7 Å². The number of carbonyl (C=O) groups is 2. The average molecular weight is 345 g/mol.